The number of piperidine rings is 1. The molecule has 29 heavy (non-hydrogen) atoms. The number of carbonyl (C=O) groups is 1. The van der Waals surface area contributed by atoms with Crippen molar-refractivity contribution in [1.82, 2.24) is 4.90 Å². The summed E-state index contributed by atoms with van der Waals surface area (Å²) in [4.78, 5) is 15.4. The Morgan fingerprint density at radius 2 is 1.86 bits per heavy atom. The van der Waals surface area contributed by atoms with Gasteiger partial charge >= 0.3 is 0 Å². The van der Waals surface area contributed by atoms with E-state index in [9.17, 15) is 9.90 Å². The fourth-order valence-corrected chi connectivity index (χ4v) is 5.10. The van der Waals surface area contributed by atoms with E-state index < -0.39 is 5.60 Å². The second-order valence-electron chi connectivity index (χ2n) is 8.12. The quantitative estimate of drug-likeness (QED) is 0.842. The highest BCUT2D eigenvalue weighted by atomic mass is 16.5. The summed E-state index contributed by atoms with van der Waals surface area (Å²) in [6.45, 7) is 0.528. The molecule has 2 aliphatic rings. The molecule has 1 saturated heterocycles. The number of rotatable bonds is 4. The van der Waals surface area contributed by atoms with Crippen molar-refractivity contribution in [3.63, 3.8) is 0 Å². The fraction of sp³-hybridized carbons (Fsp3) is 0.458. The molecule has 0 spiro atoms. The average Bonchev–Trinajstić information content (AvgIpc) is 2.77. The molecule has 3 atom stereocenters. The predicted molar refractivity (Wildman–Crippen MR) is 111 cm³/mol. The minimum atomic E-state index is -0.735. The molecular weight excluding hydrogens is 366 g/mol. The lowest BCUT2D eigenvalue weighted by Gasteiger charge is -2.52. The number of benzene rings is 2. The fourth-order valence-electron chi connectivity index (χ4n) is 5.10. The molecule has 1 saturated carbocycles. The zero-order valence-electron chi connectivity index (χ0n) is 17.1. The van der Waals surface area contributed by atoms with Crippen molar-refractivity contribution >= 4 is 5.91 Å². The number of nitrogens with zero attached hydrogens (tertiary/aromatic N) is 1. The van der Waals surface area contributed by atoms with Crippen LogP contribution >= 0.6 is 0 Å². The van der Waals surface area contributed by atoms with Crippen molar-refractivity contribution in [2.75, 3.05) is 20.8 Å². The summed E-state index contributed by atoms with van der Waals surface area (Å²) >= 11 is 0. The van der Waals surface area contributed by atoms with Crippen LogP contribution in [-0.4, -0.2) is 42.3 Å². The van der Waals surface area contributed by atoms with Crippen LogP contribution in [0, 0.1) is 5.92 Å². The minimum absolute atomic E-state index is 0.00101. The molecule has 1 N–H and O–H groups in total. The molecule has 0 bridgehead atoms. The first kappa shape index (κ1) is 19.8. The van der Waals surface area contributed by atoms with Gasteiger partial charge in [0, 0.05) is 29.7 Å². The van der Waals surface area contributed by atoms with Gasteiger partial charge < -0.3 is 19.5 Å². The van der Waals surface area contributed by atoms with E-state index in [0.29, 0.717) is 30.0 Å². The molecule has 5 heteroatoms. The Hall–Kier alpha value is -2.53. The molecular formula is C24H29NO4. The topological polar surface area (TPSA) is 59.0 Å². The molecule has 1 aliphatic heterocycles. The molecule has 5 nitrogen and oxygen atoms in total. The summed E-state index contributed by atoms with van der Waals surface area (Å²) in [5.41, 5.74) is 0.871. The van der Waals surface area contributed by atoms with E-state index in [1.807, 2.05) is 53.4 Å². The predicted octanol–water partition coefficient (Wildman–Crippen LogP) is 4.21. The van der Waals surface area contributed by atoms with Gasteiger partial charge in [-0.05, 0) is 43.5 Å². The Morgan fingerprint density at radius 3 is 2.59 bits per heavy atom. The summed E-state index contributed by atoms with van der Waals surface area (Å²) in [6, 6.07) is 14.9. The Kier molecular flexibility index (Phi) is 5.50. The number of methoxy groups -OCH3 is 2. The highest BCUT2D eigenvalue weighted by molar-refractivity contribution is 5.94. The normalized spacial score (nSPS) is 26.5. The van der Waals surface area contributed by atoms with Gasteiger partial charge in [-0.3, -0.25) is 4.79 Å². The van der Waals surface area contributed by atoms with E-state index in [1.54, 1.807) is 14.2 Å². The number of amides is 1. The molecule has 2 fully saturated rings. The van der Waals surface area contributed by atoms with Gasteiger partial charge in [-0.15, -0.1) is 0 Å². The molecule has 0 unspecified atom stereocenters. The van der Waals surface area contributed by atoms with Crippen molar-refractivity contribution in [2.45, 2.75) is 43.7 Å². The van der Waals surface area contributed by atoms with E-state index in [0.717, 1.165) is 31.2 Å². The van der Waals surface area contributed by atoms with Crippen LogP contribution in [0.4, 0.5) is 0 Å². The van der Waals surface area contributed by atoms with Gasteiger partial charge in [0.05, 0.1) is 25.9 Å². The van der Waals surface area contributed by atoms with Crippen molar-refractivity contribution in [1.29, 1.82) is 0 Å². The lowest BCUT2D eigenvalue weighted by atomic mass is 9.66. The van der Waals surface area contributed by atoms with Crippen molar-refractivity contribution in [3.05, 3.63) is 59.7 Å². The van der Waals surface area contributed by atoms with Crippen LogP contribution < -0.4 is 9.47 Å². The molecule has 2 aromatic carbocycles. The molecule has 0 radical (unpaired) electrons. The lowest BCUT2D eigenvalue weighted by molar-refractivity contribution is -0.115. The van der Waals surface area contributed by atoms with Crippen LogP contribution in [0.1, 0.15) is 54.1 Å². The first-order valence-corrected chi connectivity index (χ1v) is 10.4. The van der Waals surface area contributed by atoms with E-state index in [1.165, 1.54) is 0 Å². The van der Waals surface area contributed by atoms with Crippen LogP contribution in [0.2, 0.25) is 0 Å². The Morgan fingerprint density at radius 1 is 1.07 bits per heavy atom. The SMILES string of the molecule is COc1ccc([C@H]2[C@@H]3CCCC[C@]3(O)CCN2C(=O)c2ccccc2)c(OC)c1. The molecule has 2 aromatic rings. The third-order valence-electron chi connectivity index (χ3n) is 6.61. The van der Waals surface area contributed by atoms with Crippen molar-refractivity contribution in [3.8, 4) is 11.5 Å². The third kappa shape index (κ3) is 3.60. The first-order valence-electron chi connectivity index (χ1n) is 10.4. The second kappa shape index (κ2) is 8.07. The third-order valence-corrected chi connectivity index (χ3v) is 6.61. The van der Waals surface area contributed by atoms with Gasteiger partial charge in [0.1, 0.15) is 11.5 Å². The standard InChI is InChI=1S/C24H29NO4/c1-28-18-11-12-19(21(16-18)29-2)22-20-10-6-7-13-24(20,27)14-15-25(22)23(26)17-8-4-3-5-9-17/h3-5,8-9,11-12,16,20,22,27H,6-7,10,13-15H2,1-2H3/t20-,22-,24-/m0/s1. The first-order chi connectivity index (χ1) is 14.1. The molecule has 0 aromatic heterocycles. The molecule has 4 rings (SSSR count). The van der Waals surface area contributed by atoms with E-state index >= 15 is 0 Å². The monoisotopic (exact) mass is 395 g/mol. The van der Waals surface area contributed by atoms with E-state index in [4.69, 9.17) is 9.47 Å². The summed E-state index contributed by atoms with van der Waals surface area (Å²) in [5.74, 6) is 1.39. The number of fused-ring (bicyclic) bond motifs is 1. The highest BCUT2D eigenvalue weighted by Crippen LogP contribution is 2.51. The number of likely N-dealkylation sites (tertiary alicyclic amines) is 1. The molecule has 1 aliphatic carbocycles. The van der Waals surface area contributed by atoms with Crippen LogP contribution in [0.25, 0.3) is 0 Å². The summed E-state index contributed by atoms with van der Waals surface area (Å²) in [6.07, 6.45) is 4.40. The van der Waals surface area contributed by atoms with Crippen LogP contribution in [0.3, 0.4) is 0 Å². The van der Waals surface area contributed by atoms with Gasteiger partial charge in [-0.25, -0.2) is 0 Å². The second-order valence-corrected chi connectivity index (χ2v) is 8.12. The Bertz CT molecular complexity index is 868. The zero-order chi connectivity index (χ0) is 20.4. The van der Waals surface area contributed by atoms with Crippen LogP contribution in [-0.2, 0) is 0 Å². The van der Waals surface area contributed by atoms with Crippen LogP contribution in [0.15, 0.2) is 48.5 Å². The van der Waals surface area contributed by atoms with E-state index in [2.05, 4.69) is 0 Å². The highest BCUT2D eigenvalue weighted by Gasteiger charge is 2.50. The molecule has 1 amide bonds. The molecule has 1 heterocycles. The maximum Gasteiger partial charge on any atom is 0.254 e. The largest absolute Gasteiger partial charge is 0.497 e. The van der Waals surface area contributed by atoms with Gasteiger partial charge in [0.15, 0.2) is 0 Å². The average molecular weight is 395 g/mol. The number of hydrogen-bond donors (Lipinski definition) is 1. The van der Waals surface area contributed by atoms with Gasteiger partial charge in [0.2, 0.25) is 0 Å². The Labute approximate surface area is 172 Å². The van der Waals surface area contributed by atoms with Crippen molar-refractivity contribution in [2.24, 2.45) is 5.92 Å². The number of ether oxygens (including phenoxy) is 2. The lowest BCUT2D eigenvalue weighted by Crippen LogP contribution is -2.56. The van der Waals surface area contributed by atoms with Gasteiger partial charge in [-0.2, -0.15) is 0 Å². The van der Waals surface area contributed by atoms with Gasteiger partial charge in [-0.1, -0.05) is 31.0 Å². The maximum atomic E-state index is 13.5. The number of aliphatic hydroxyl groups is 1. The summed E-state index contributed by atoms with van der Waals surface area (Å²) < 4.78 is 11.0. The number of carbonyl (C=O) groups excluding carboxylic acids is 1. The summed E-state index contributed by atoms with van der Waals surface area (Å²) in [5, 5.41) is 11.5. The zero-order valence-corrected chi connectivity index (χ0v) is 17.1. The summed E-state index contributed by atoms with van der Waals surface area (Å²) in [7, 11) is 3.26. The molecule has 154 valence electrons. The van der Waals surface area contributed by atoms with Crippen LogP contribution in [0.5, 0.6) is 11.5 Å². The smallest absolute Gasteiger partial charge is 0.254 e. The van der Waals surface area contributed by atoms with Gasteiger partial charge in [0.25, 0.3) is 5.91 Å². The van der Waals surface area contributed by atoms with E-state index in [-0.39, 0.29) is 17.9 Å². The maximum absolute atomic E-state index is 13.5. The van der Waals surface area contributed by atoms with Crippen molar-refractivity contribution < 1.29 is 19.4 Å². The number of hydrogen-bond acceptors (Lipinski definition) is 4. The minimum Gasteiger partial charge on any atom is -0.497 e. The Balaban J connectivity index is 1.80.